The fourth-order valence-electron chi connectivity index (χ4n) is 4.50. The number of carboxylic acid groups (broad SMARTS) is 1. The lowest BCUT2D eigenvalue weighted by molar-refractivity contribution is 0.0697. The van der Waals surface area contributed by atoms with Gasteiger partial charge in [-0.1, -0.05) is 60.7 Å². The molecular formula is C23H19NO2. The van der Waals surface area contributed by atoms with Crippen molar-refractivity contribution in [1.29, 1.82) is 0 Å². The van der Waals surface area contributed by atoms with Crippen molar-refractivity contribution in [3.8, 4) is 0 Å². The molecule has 128 valence electrons. The molecule has 3 atom stereocenters. The Morgan fingerprint density at radius 1 is 1.00 bits per heavy atom. The van der Waals surface area contributed by atoms with Crippen LogP contribution in [0.3, 0.4) is 0 Å². The van der Waals surface area contributed by atoms with E-state index >= 15 is 0 Å². The van der Waals surface area contributed by atoms with Crippen LogP contribution in [0, 0.1) is 5.92 Å². The zero-order chi connectivity index (χ0) is 17.7. The number of allylic oxidation sites excluding steroid dienone is 2. The summed E-state index contributed by atoms with van der Waals surface area (Å²) in [6.45, 7) is 0. The summed E-state index contributed by atoms with van der Waals surface area (Å²) in [5.41, 5.74) is 4.05. The highest BCUT2D eigenvalue weighted by atomic mass is 16.4. The number of fused-ring (bicyclic) bond motifs is 5. The Morgan fingerprint density at radius 3 is 2.62 bits per heavy atom. The number of nitrogens with one attached hydrogen (secondary N) is 1. The molecule has 3 heteroatoms. The SMILES string of the molecule is O=C(O)c1ccc([C@@H]2Nc3c(ccc4ccccc34)[C@@H]3C=CC[C@@H]32)cc1. The number of aromatic carboxylic acids is 1. The van der Waals surface area contributed by atoms with Crippen molar-refractivity contribution in [2.45, 2.75) is 18.4 Å². The van der Waals surface area contributed by atoms with E-state index in [-0.39, 0.29) is 6.04 Å². The van der Waals surface area contributed by atoms with Gasteiger partial charge in [0.1, 0.15) is 0 Å². The van der Waals surface area contributed by atoms with E-state index in [0.717, 1.165) is 12.0 Å². The van der Waals surface area contributed by atoms with Gasteiger partial charge in [0.15, 0.2) is 0 Å². The van der Waals surface area contributed by atoms with Gasteiger partial charge in [0.05, 0.1) is 11.6 Å². The first-order valence-electron chi connectivity index (χ1n) is 9.00. The Labute approximate surface area is 152 Å². The highest BCUT2D eigenvalue weighted by Crippen LogP contribution is 2.51. The molecule has 0 aromatic heterocycles. The molecule has 0 saturated heterocycles. The van der Waals surface area contributed by atoms with Gasteiger partial charge in [-0.2, -0.15) is 0 Å². The summed E-state index contributed by atoms with van der Waals surface area (Å²) in [5, 5.41) is 15.4. The zero-order valence-electron chi connectivity index (χ0n) is 14.2. The maximum absolute atomic E-state index is 11.2. The number of rotatable bonds is 2. The third kappa shape index (κ3) is 2.24. The van der Waals surface area contributed by atoms with Gasteiger partial charge >= 0.3 is 5.97 Å². The maximum Gasteiger partial charge on any atom is 0.335 e. The number of benzene rings is 3. The summed E-state index contributed by atoms with van der Waals surface area (Å²) in [6.07, 6.45) is 5.65. The van der Waals surface area contributed by atoms with Crippen molar-refractivity contribution in [2.24, 2.45) is 5.92 Å². The molecule has 0 unspecified atom stereocenters. The maximum atomic E-state index is 11.2. The largest absolute Gasteiger partial charge is 0.478 e. The van der Waals surface area contributed by atoms with E-state index < -0.39 is 5.97 Å². The van der Waals surface area contributed by atoms with Crippen LogP contribution in [0.2, 0.25) is 0 Å². The molecule has 1 aliphatic carbocycles. The van der Waals surface area contributed by atoms with Gasteiger partial charge in [-0.15, -0.1) is 0 Å². The van der Waals surface area contributed by atoms with Crippen molar-refractivity contribution in [1.82, 2.24) is 0 Å². The third-order valence-electron chi connectivity index (χ3n) is 5.78. The first kappa shape index (κ1) is 15.2. The normalized spacial score (nSPS) is 23.3. The summed E-state index contributed by atoms with van der Waals surface area (Å²) >= 11 is 0. The lowest BCUT2D eigenvalue weighted by atomic mass is 9.76. The monoisotopic (exact) mass is 341 g/mol. The first-order chi connectivity index (χ1) is 12.7. The van der Waals surface area contributed by atoms with Gasteiger partial charge in [0, 0.05) is 17.0 Å². The minimum atomic E-state index is -0.884. The summed E-state index contributed by atoms with van der Waals surface area (Å²) in [7, 11) is 0. The molecule has 3 aromatic rings. The van der Waals surface area contributed by atoms with Crippen molar-refractivity contribution >= 4 is 22.4 Å². The second-order valence-corrected chi connectivity index (χ2v) is 7.15. The second kappa shape index (κ2) is 5.73. The minimum Gasteiger partial charge on any atom is -0.478 e. The van der Waals surface area contributed by atoms with Crippen molar-refractivity contribution < 1.29 is 9.90 Å². The number of anilines is 1. The Bertz CT molecular complexity index is 1040. The van der Waals surface area contributed by atoms with E-state index in [2.05, 4.69) is 53.9 Å². The molecule has 0 bridgehead atoms. The van der Waals surface area contributed by atoms with Crippen LogP contribution in [0.15, 0.2) is 72.8 Å². The van der Waals surface area contributed by atoms with Crippen LogP contribution >= 0.6 is 0 Å². The minimum absolute atomic E-state index is 0.177. The number of hydrogen-bond donors (Lipinski definition) is 2. The van der Waals surface area contributed by atoms with Crippen molar-refractivity contribution in [2.75, 3.05) is 5.32 Å². The molecule has 1 heterocycles. The van der Waals surface area contributed by atoms with Crippen LogP contribution in [0.5, 0.6) is 0 Å². The predicted octanol–water partition coefficient (Wildman–Crippen LogP) is 5.36. The summed E-state index contributed by atoms with van der Waals surface area (Å²) in [6, 6.07) is 20.4. The Hall–Kier alpha value is -3.07. The van der Waals surface area contributed by atoms with Gasteiger partial charge in [0.25, 0.3) is 0 Å². The first-order valence-corrected chi connectivity index (χ1v) is 9.00. The van der Waals surface area contributed by atoms with Crippen LogP contribution in [-0.4, -0.2) is 11.1 Å². The smallest absolute Gasteiger partial charge is 0.335 e. The van der Waals surface area contributed by atoms with Crippen molar-refractivity contribution in [3.05, 3.63) is 89.5 Å². The molecule has 26 heavy (non-hydrogen) atoms. The number of carbonyl (C=O) groups is 1. The molecule has 0 amide bonds. The molecule has 0 saturated carbocycles. The Balaban J connectivity index is 1.63. The molecule has 2 N–H and O–H groups in total. The summed E-state index contributed by atoms with van der Waals surface area (Å²) in [5.74, 6) is -0.0238. The van der Waals surface area contributed by atoms with E-state index in [0.29, 0.717) is 17.4 Å². The van der Waals surface area contributed by atoms with E-state index in [1.54, 1.807) is 12.1 Å². The van der Waals surface area contributed by atoms with Gasteiger partial charge in [-0.3, -0.25) is 0 Å². The average Bonchev–Trinajstić information content (AvgIpc) is 3.17. The highest BCUT2D eigenvalue weighted by molar-refractivity contribution is 5.96. The van der Waals surface area contributed by atoms with E-state index in [9.17, 15) is 4.79 Å². The fourth-order valence-corrected chi connectivity index (χ4v) is 4.50. The predicted molar refractivity (Wildman–Crippen MR) is 104 cm³/mol. The van der Waals surface area contributed by atoms with Gasteiger partial charge in [-0.25, -0.2) is 4.79 Å². The van der Waals surface area contributed by atoms with Gasteiger partial charge in [0.2, 0.25) is 0 Å². The fraction of sp³-hybridized carbons (Fsp3) is 0.174. The molecule has 0 spiro atoms. The molecule has 3 nitrogen and oxygen atoms in total. The quantitative estimate of drug-likeness (QED) is 0.617. The molecule has 3 aromatic carbocycles. The van der Waals surface area contributed by atoms with Crippen LogP contribution in [0.4, 0.5) is 5.69 Å². The average molecular weight is 341 g/mol. The van der Waals surface area contributed by atoms with Crippen LogP contribution in [0.1, 0.15) is 39.9 Å². The van der Waals surface area contributed by atoms with E-state index in [1.807, 2.05) is 12.1 Å². The third-order valence-corrected chi connectivity index (χ3v) is 5.78. The molecular weight excluding hydrogens is 322 g/mol. The lowest BCUT2D eigenvalue weighted by Crippen LogP contribution is -2.29. The zero-order valence-corrected chi connectivity index (χ0v) is 14.2. The Kier molecular flexibility index (Phi) is 3.35. The summed E-state index contributed by atoms with van der Waals surface area (Å²) in [4.78, 5) is 11.2. The van der Waals surface area contributed by atoms with Gasteiger partial charge < -0.3 is 10.4 Å². The van der Waals surface area contributed by atoms with Crippen LogP contribution in [-0.2, 0) is 0 Å². The molecule has 2 aliphatic rings. The Morgan fingerprint density at radius 2 is 1.81 bits per heavy atom. The second-order valence-electron chi connectivity index (χ2n) is 7.15. The lowest BCUT2D eigenvalue weighted by Gasteiger charge is -2.38. The highest BCUT2D eigenvalue weighted by Gasteiger charge is 2.38. The van der Waals surface area contributed by atoms with Crippen LogP contribution in [0.25, 0.3) is 10.8 Å². The molecule has 1 aliphatic heterocycles. The number of carboxylic acids is 1. The molecule has 0 fully saturated rings. The van der Waals surface area contributed by atoms with Crippen LogP contribution < -0.4 is 5.32 Å². The molecule has 0 radical (unpaired) electrons. The standard InChI is InChI=1S/C23H19NO2/c25-23(26)16-10-8-15(9-11-16)21-19-7-3-6-18(19)20-13-12-14-4-1-2-5-17(14)22(20)24-21/h1-6,8-13,18-19,21,24H,7H2,(H,25,26)/t18-,19+,21+/m1/s1. The number of hydrogen-bond acceptors (Lipinski definition) is 2. The topological polar surface area (TPSA) is 49.3 Å². The van der Waals surface area contributed by atoms with E-state index in [4.69, 9.17) is 5.11 Å². The summed E-state index contributed by atoms with van der Waals surface area (Å²) < 4.78 is 0. The van der Waals surface area contributed by atoms with Crippen molar-refractivity contribution in [3.63, 3.8) is 0 Å². The van der Waals surface area contributed by atoms with E-state index in [1.165, 1.54) is 22.0 Å². The molecule has 5 rings (SSSR count). The van der Waals surface area contributed by atoms with Gasteiger partial charge in [-0.05, 0) is 41.0 Å².